The minimum Gasteiger partial charge on any atom is -0.313 e. The molecule has 0 aliphatic heterocycles. The number of aromatic nitrogens is 2. The van der Waals surface area contributed by atoms with Gasteiger partial charge in [0, 0.05) is 23.5 Å². The standard InChI is InChI=1S/C16H21BrClN3/c1-5-21-15(16(18)11(3)20-21)9-14(19-4)13-7-6-12(17)8-10(13)2/h6-8,14,19H,5,9H2,1-4H3. The number of likely N-dealkylation sites (N-methyl/N-ethyl adjacent to an activating group) is 1. The Labute approximate surface area is 139 Å². The van der Waals surface area contributed by atoms with Crippen LogP contribution in [0.5, 0.6) is 0 Å². The van der Waals surface area contributed by atoms with Crippen LogP contribution in [0.15, 0.2) is 22.7 Å². The maximum atomic E-state index is 6.43. The van der Waals surface area contributed by atoms with Crippen molar-refractivity contribution < 1.29 is 0 Å². The summed E-state index contributed by atoms with van der Waals surface area (Å²) in [6, 6.07) is 6.60. The van der Waals surface area contributed by atoms with Gasteiger partial charge in [-0.2, -0.15) is 5.10 Å². The van der Waals surface area contributed by atoms with Crippen LogP contribution in [-0.4, -0.2) is 16.8 Å². The van der Waals surface area contributed by atoms with Crippen molar-refractivity contribution in [1.29, 1.82) is 0 Å². The van der Waals surface area contributed by atoms with Gasteiger partial charge >= 0.3 is 0 Å². The molecule has 0 aliphatic rings. The molecule has 0 aliphatic carbocycles. The number of aryl methyl sites for hydroxylation is 3. The van der Waals surface area contributed by atoms with E-state index < -0.39 is 0 Å². The van der Waals surface area contributed by atoms with Crippen molar-refractivity contribution >= 4 is 27.5 Å². The number of halogens is 2. The summed E-state index contributed by atoms with van der Waals surface area (Å²) in [5.74, 6) is 0. The van der Waals surface area contributed by atoms with Crippen molar-refractivity contribution in [1.82, 2.24) is 15.1 Å². The zero-order valence-electron chi connectivity index (χ0n) is 12.9. The van der Waals surface area contributed by atoms with E-state index in [9.17, 15) is 0 Å². The lowest BCUT2D eigenvalue weighted by Crippen LogP contribution is -2.21. The third-order valence-electron chi connectivity index (χ3n) is 3.81. The Kier molecular flexibility index (Phi) is 5.47. The molecule has 21 heavy (non-hydrogen) atoms. The highest BCUT2D eigenvalue weighted by atomic mass is 79.9. The van der Waals surface area contributed by atoms with Crippen molar-refractivity contribution in [2.24, 2.45) is 0 Å². The molecule has 0 saturated heterocycles. The van der Waals surface area contributed by atoms with E-state index in [1.165, 1.54) is 11.1 Å². The molecule has 2 aromatic rings. The molecule has 0 bridgehead atoms. The second-order valence-electron chi connectivity index (χ2n) is 5.21. The Morgan fingerprint density at radius 2 is 2.10 bits per heavy atom. The van der Waals surface area contributed by atoms with Gasteiger partial charge in [0.15, 0.2) is 0 Å². The zero-order valence-corrected chi connectivity index (χ0v) is 15.2. The lowest BCUT2D eigenvalue weighted by Gasteiger charge is -2.20. The summed E-state index contributed by atoms with van der Waals surface area (Å²) in [5.41, 5.74) is 4.55. The van der Waals surface area contributed by atoms with E-state index >= 15 is 0 Å². The molecule has 0 saturated carbocycles. The normalized spacial score (nSPS) is 12.7. The summed E-state index contributed by atoms with van der Waals surface area (Å²) in [7, 11) is 1.99. The van der Waals surface area contributed by atoms with E-state index in [1.807, 2.05) is 18.7 Å². The van der Waals surface area contributed by atoms with Crippen LogP contribution in [0.2, 0.25) is 5.02 Å². The number of nitrogens with zero attached hydrogens (tertiary/aromatic N) is 2. The molecule has 1 heterocycles. The first-order valence-corrected chi connectivity index (χ1v) is 8.30. The lowest BCUT2D eigenvalue weighted by molar-refractivity contribution is 0.539. The predicted molar refractivity (Wildman–Crippen MR) is 92.0 cm³/mol. The average molecular weight is 371 g/mol. The molecular weight excluding hydrogens is 350 g/mol. The largest absolute Gasteiger partial charge is 0.313 e. The summed E-state index contributed by atoms with van der Waals surface area (Å²) in [6.07, 6.45) is 0.826. The molecule has 0 fully saturated rings. The molecule has 3 nitrogen and oxygen atoms in total. The molecule has 2 rings (SSSR count). The van der Waals surface area contributed by atoms with Crippen molar-refractivity contribution in [2.75, 3.05) is 7.05 Å². The molecule has 0 radical (unpaired) electrons. The summed E-state index contributed by atoms with van der Waals surface area (Å²) >= 11 is 9.94. The Bertz CT molecular complexity index is 637. The van der Waals surface area contributed by atoms with Crippen LogP contribution in [0.4, 0.5) is 0 Å². The Balaban J connectivity index is 2.35. The lowest BCUT2D eigenvalue weighted by atomic mass is 9.97. The van der Waals surface area contributed by atoms with Crippen LogP contribution in [0, 0.1) is 13.8 Å². The molecular formula is C16H21BrClN3. The molecule has 1 N–H and O–H groups in total. The summed E-state index contributed by atoms with van der Waals surface area (Å²) in [6.45, 7) is 7.01. The Morgan fingerprint density at radius 1 is 1.38 bits per heavy atom. The van der Waals surface area contributed by atoms with Gasteiger partial charge in [-0.15, -0.1) is 0 Å². The zero-order chi connectivity index (χ0) is 15.6. The monoisotopic (exact) mass is 369 g/mol. The number of nitrogens with one attached hydrogen (secondary N) is 1. The van der Waals surface area contributed by atoms with Crippen LogP contribution in [-0.2, 0) is 13.0 Å². The quantitative estimate of drug-likeness (QED) is 0.843. The maximum Gasteiger partial charge on any atom is 0.0847 e. The molecule has 1 unspecified atom stereocenters. The van der Waals surface area contributed by atoms with Crippen molar-refractivity contribution in [3.8, 4) is 0 Å². The first-order chi connectivity index (χ1) is 9.97. The van der Waals surface area contributed by atoms with Crippen LogP contribution >= 0.6 is 27.5 Å². The minimum atomic E-state index is 0.219. The number of hydrogen-bond acceptors (Lipinski definition) is 2. The molecule has 114 valence electrons. The van der Waals surface area contributed by atoms with Crippen LogP contribution < -0.4 is 5.32 Å². The van der Waals surface area contributed by atoms with Crippen LogP contribution in [0.3, 0.4) is 0 Å². The van der Waals surface area contributed by atoms with Crippen LogP contribution in [0.25, 0.3) is 0 Å². The van der Waals surface area contributed by atoms with Crippen LogP contribution in [0.1, 0.15) is 35.5 Å². The average Bonchev–Trinajstić information content (AvgIpc) is 2.72. The highest BCUT2D eigenvalue weighted by Gasteiger charge is 2.19. The summed E-state index contributed by atoms with van der Waals surface area (Å²) < 4.78 is 3.10. The van der Waals surface area contributed by atoms with E-state index in [2.05, 4.69) is 58.4 Å². The number of rotatable bonds is 5. The van der Waals surface area contributed by atoms with E-state index in [0.717, 1.165) is 33.8 Å². The van der Waals surface area contributed by atoms with Gasteiger partial charge in [-0.1, -0.05) is 33.6 Å². The first-order valence-electron chi connectivity index (χ1n) is 7.13. The minimum absolute atomic E-state index is 0.219. The molecule has 1 aromatic heterocycles. The van der Waals surface area contributed by atoms with Gasteiger partial charge in [-0.25, -0.2) is 0 Å². The Morgan fingerprint density at radius 3 is 2.67 bits per heavy atom. The van der Waals surface area contributed by atoms with E-state index in [0.29, 0.717) is 0 Å². The highest BCUT2D eigenvalue weighted by Crippen LogP contribution is 2.28. The molecule has 0 amide bonds. The van der Waals surface area contributed by atoms with E-state index in [-0.39, 0.29) is 6.04 Å². The van der Waals surface area contributed by atoms with Crippen molar-refractivity contribution in [3.63, 3.8) is 0 Å². The van der Waals surface area contributed by atoms with Gasteiger partial charge < -0.3 is 5.32 Å². The second kappa shape index (κ2) is 6.95. The highest BCUT2D eigenvalue weighted by molar-refractivity contribution is 9.10. The van der Waals surface area contributed by atoms with E-state index in [4.69, 9.17) is 11.6 Å². The molecule has 1 aromatic carbocycles. The number of hydrogen-bond donors (Lipinski definition) is 1. The van der Waals surface area contributed by atoms with Gasteiger partial charge in [0.25, 0.3) is 0 Å². The maximum absolute atomic E-state index is 6.43. The molecule has 1 atom stereocenters. The summed E-state index contributed by atoms with van der Waals surface area (Å²) in [4.78, 5) is 0. The van der Waals surface area contributed by atoms with Gasteiger partial charge in [-0.05, 0) is 51.1 Å². The fourth-order valence-electron chi connectivity index (χ4n) is 2.65. The number of benzene rings is 1. The van der Waals surface area contributed by atoms with Gasteiger partial charge in [0.05, 0.1) is 16.4 Å². The van der Waals surface area contributed by atoms with Gasteiger partial charge in [-0.3, -0.25) is 4.68 Å². The van der Waals surface area contributed by atoms with Gasteiger partial charge in [0.2, 0.25) is 0 Å². The SMILES string of the molecule is CCn1nc(C)c(Cl)c1CC(NC)c1ccc(Br)cc1C. The molecule has 5 heteroatoms. The smallest absolute Gasteiger partial charge is 0.0847 e. The fraction of sp³-hybridized carbons (Fsp3) is 0.438. The molecule has 0 spiro atoms. The third-order valence-corrected chi connectivity index (χ3v) is 4.79. The van der Waals surface area contributed by atoms with Crippen molar-refractivity contribution in [3.05, 3.63) is 50.2 Å². The van der Waals surface area contributed by atoms with E-state index in [1.54, 1.807) is 0 Å². The van der Waals surface area contributed by atoms with Crippen molar-refractivity contribution in [2.45, 2.75) is 39.8 Å². The summed E-state index contributed by atoms with van der Waals surface area (Å²) in [5, 5.41) is 8.68. The topological polar surface area (TPSA) is 29.9 Å². The predicted octanol–water partition coefficient (Wildman–Crippen LogP) is 4.44. The second-order valence-corrected chi connectivity index (χ2v) is 6.50. The van der Waals surface area contributed by atoms with Gasteiger partial charge in [0.1, 0.15) is 0 Å². The third kappa shape index (κ3) is 3.50. The Hall–Kier alpha value is -0.840. The fourth-order valence-corrected chi connectivity index (χ4v) is 3.34. The first kappa shape index (κ1) is 16.5.